The Bertz CT molecular complexity index is 578. The lowest BCUT2D eigenvalue weighted by Crippen LogP contribution is -2.24. The van der Waals surface area contributed by atoms with Gasteiger partial charge in [0, 0.05) is 24.2 Å². The molecule has 1 heterocycles. The zero-order valence-corrected chi connectivity index (χ0v) is 11.0. The van der Waals surface area contributed by atoms with Gasteiger partial charge in [0.15, 0.2) is 0 Å². The molecule has 2 aromatic rings. The van der Waals surface area contributed by atoms with E-state index >= 15 is 0 Å². The zero-order chi connectivity index (χ0) is 13.2. The highest BCUT2D eigenvalue weighted by molar-refractivity contribution is 5.69. The van der Waals surface area contributed by atoms with Gasteiger partial charge in [-0.1, -0.05) is 29.8 Å². The lowest BCUT2D eigenvalue weighted by Gasteiger charge is -2.12. The third kappa shape index (κ3) is 2.42. The van der Waals surface area contributed by atoms with E-state index in [0.717, 1.165) is 23.5 Å². The number of nitrogens with two attached hydrogens (primary N) is 1. The van der Waals surface area contributed by atoms with Crippen molar-refractivity contribution in [2.24, 2.45) is 5.73 Å². The molecule has 0 aliphatic carbocycles. The molecule has 3 N–H and O–H groups in total. The van der Waals surface area contributed by atoms with E-state index in [2.05, 4.69) is 48.6 Å². The minimum absolute atomic E-state index is 0.107. The van der Waals surface area contributed by atoms with Gasteiger partial charge >= 0.3 is 0 Å². The highest BCUT2D eigenvalue weighted by Crippen LogP contribution is 2.37. The van der Waals surface area contributed by atoms with Gasteiger partial charge in [-0.05, 0) is 25.1 Å². The smallest absolute Gasteiger partial charge is 0.146 e. The second kappa shape index (κ2) is 4.94. The maximum atomic E-state index is 5.90. The molecule has 1 atom stereocenters. The Morgan fingerprint density at radius 3 is 2.74 bits per heavy atom. The standard InChI is InChI=1S/C16H18N2O/c1-11-5-7-13(8-6-11)18-15-4-2-3-12-9-14(10-17)19-16(12)15/h2-8,14,18H,9-10,17H2,1H3. The van der Waals surface area contributed by atoms with Gasteiger partial charge in [0.25, 0.3) is 0 Å². The summed E-state index contributed by atoms with van der Waals surface area (Å²) >= 11 is 0. The fraction of sp³-hybridized carbons (Fsp3) is 0.250. The zero-order valence-electron chi connectivity index (χ0n) is 11.0. The molecule has 0 radical (unpaired) electrons. The first-order chi connectivity index (χ1) is 9.26. The van der Waals surface area contributed by atoms with Crippen LogP contribution in [0, 0.1) is 6.92 Å². The second-order valence-electron chi connectivity index (χ2n) is 4.96. The maximum absolute atomic E-state index is 5.90. The van der Waals surface area contributed by atoms with Crippen LogP contribution in [0.3, 0.4) is 0 Å². The Hall–Kier alpha value is -2.00. The number of para-hydroxylation sites is 1. The first kappa shape index (κ1) is 12.1. The fourth-order valence-electron chi connectivity index (χ4n) is 2.36. The van der Waals surface area contributed by atoms with Gasteiger partial charge in [-0.3, -0.25) is 0 Å². The van der Waals surface area contributed by atoms with Crippen molar-refractivity contribution >= 4 is 11.4 Å². The lowest BCUT2D eigenvalue weighted by atomic mass is 10.1. The Balaban J connectivity index is 1.87. The summed E-state index contributed by atoms with van der Waals surface area (Å²) in [5.41, 5.74) is 10.2. The minimum Gasteiger partial charge on any atom is -0.486 e. The quantitative estimate of drug-likeness (QED) is 0.885. The molecular formula is C16H18N2O. The molecule has 0 aromatic heterocycles. The molecule has 0 spiro atoms. The van der Waals surface area contributed by atoms with Gasteiger partial charge in [-0.25, -0.2) is 0 Å². The summed E-state index contributed by atoms with van der Waals surface area (Å²) in [5.74, 6) is 0.943. The highest BCUT2D eigenvalue weighted by atomic mass is 16.5. The number of hydrogen-bond acceptors (Lipinski definition) is 3. The Morgan fingerprint density at radius 2 is 2.00 bits per heavy atom. The molecule has 0 bridgehead atoms. The number of benzene rings is 2. The third-order valence-corrected chi connectivity index (χ3v) is 3.42. The predicted molar refractivity (Wildman–Crippen MR) is 78.1 cm³/mol. The summed E-state index contributed by atoms with van der Waals surface area (Å²) in [7, 11) is 0. The molecule has 1 aliphatic heterocycles. The van der Waals surface area contributed by atoms with E-state index in [1.807, 2.05) is 6.07 Å². The van der Waals surface area contributed by atoms with Crippen molar-refractivity contribution in [2.75, 3.05) is 11.9 Å². The Kier molecular flexibility index (Phi) is 3.13. The molecule has 19 heavy (non-hydrogen) atoms. The van der Waals surface area contributed by atoms with Crippen LogP contribution in [0.1, 0.15) is 11.1 Å². The average molecular weight is 254 g/mol. The molecule has 3 nitrogen and oxygen atoms in total. The second-order valence-corrected chi connectivity index (χ2v) is 4.96. The van der Waals surface area contributed by atoms with E-state index in [4.69, 9.17) is 10.5 Å². The van der Waals surface area contributed by atoms with Crippen molar-refractivity contribution < 1.29 is 4.74 Å². The van der Waals surface area contributed by atoms with Crippen molar-refractivity contribution in [3.8, 4) is 5.75 Å². The molecule has 3 rings (SSSR count). The van der Waals surface area contributed by atoms with E-state index < -0.39 is 0 Å². The molecule has 2 aromatic carbocycles. The molecule has 0 saturated carbocycles. The van der Waals surface area contributed by atoms with Gasteiger partial charge < -0.3 is 15.8 Å². The summed E-state index contributed by atoms with van der Waals surface area (Å²) in [6.45, 7) is 2.64. The third-order valence-electron chi connectivity index (χ3n) is 3.42. The maximum Gasteiger partial charge on any atom is 0.146 e. The van der Waals surface area contributed by atoms with E-state index in [1.54, 1.807) is 0 Å². The number of anilines is 2. The van der Waals surface area contributed by atoms with Crippen molar-refractivity contribution in [1.82, 2.24) is 0 Å². The fourth-order valence-corrected chi connectivity index (χ4v) is 2.36. The molecule has 0 fully saturated rings. The number of rotatable bonds is 3. The summed E-state index contributed by atoms with van der Waals surface area (Å²) in [4.78, 5) is 0. The van der Waals surface area contributed by atoms with Crippen LogP contribution >= 0.6 is 0 Å². The van der Waals surface area contributed by atoms with Crippen LogP contribution in [0.2, 0.25) is 0 Å². The molecule has 3 heteroatoms. The van der Waals surface area contributed by atoms with Crippen molar-refractivity contribution in [3.05, 3.63) is 53.6 Å². The topological polar surface area (TPSA) is 47.3 Å². The Morgan fingerprint density at radius 1 is 1.21 bits per heavy atom. The molecular weight excluding hydrogens is 236 g/mol. The van der Waals surface area contributed by atoms with Crippen LogP contribution in [0.15, 0.2) is 42.5 Å². The summed E-state index contributed by atoms with van der Waals surface area (Å²) in [6, 6.07) is 14.5. The molecule has 0 amide bonds. The van der Waals surface area contributed by atoms with E-state index in [1.165, 1.54) is 11.1 Å². The van der Waals surface area contributed by atoms with E-state index in [9.17, 15) is 0 Å². The molecule has 1 aliphatic rings. The number of nitrogens with one attached hydrogen (secondary N) is 1. The van der Waals surface area contributed by atoms with Crippen molar-refractivity contribution in [3.63, 3.8) is 0 Å². The van der Waals surface area contributed by atoms with Crippen LogP contribution in [0.25, 0.3) is 0 Å². The van der Waals surface area contributed by atoms with Gasteiger partial charge in [-0.2, -0.15) is 0 Å². The lowest BCUT2D eigenvalue weighted by molar-refractivity contribution is 0.242. The summed E-state index contributed by atoms with van der Waals surface area (Å²) in [5, 5.41) is 3.41. The largest absolute Gasteiger partial charge is 0.486 e. The van der Waals surface area contributed by atoms with Crippen LogP contribution in [0.5, 0.6) is 5.75 Å². The molecule has 1 unspecified atom stereocenters. The van der Waals surface area contributed by atoms with Gasteiger partial charge in [0.1, 0.15) is 11.9 Å². The molecule has 0 saturated heterocycles. The number of hydrogen-bond donors (Lipinski definition) is 2. The number of fused-ring (bicyclic) bond motifs is 1. The van der Waals surface area contributed by atoms with Crippen LogP contribution < -0.4 is 15.8 Å². The van der Waals surface area contributed by atoms with Crippen LogP contribution in [-0.2, 0) is 6.42 Å². The van der Waals surface area contributed by atoms with Gasteiger partial charge in [0.05, 0.1) is 5.69 Å². The van der Waals surface area contributed by atoms with E-state index in [0.29, 0.717) is 6.54 Å². The van der Waals surface area contributed by atoms with Gasteiger partial charge in [-0.15, -0.1) is 0 Å². The SMILES string of the molecule is Cc1ccc(Nc2cccc3c2OC(CN)C3)cc1. The normalized spacial score (nSPS) is 16.8. The summed E-state index contributed by atoms with van der Waals surface area (Å²) < 4.78 is 5.90. The molecule has 98 valence electrons. The average Bonchev–Trinajstić information content (AvgIpc) is 2.85. The minimum atomic E-state index is 0.107. The van der Waals surface area contributed by atoms with Crippen LogP contribution in [0.4, 0.5) is 11.4 Å². The predicted octanol–water partition coefficient (Wildman–Crippen LogP) is 3.00. The summed E-state index contributed by atoms with van der Waals surface area (Å²) in [6.07, 6.45) is 1.01. The highest BCUT2D eigenvalue weighted by Gasteiger charge is 2.23. The van der Waals surface area contributed by atoms with Crippen LogP contribution in [-0.4, -0.2) is 12.6 Å². The van der Waals surface area contributed by atoms with E-state index in [-0.39, 0.29) is 6.10 Å². The van der Waals surface area contributed by atoms with Gasteiger partial charge in [0.2, 0.25) is 0 Å². The first-order valence-corrected chi connectivity index (χ1v) is 6.58. The number of ether oxygens (including phenoxy) is 1. The van der Waals surface area contributed by atoms with Crippen molar-refractivity contribution in [2.45, 2.75) is 19.4 Å². The number of aryl methyl sites for hydroxylation is 1. The first-order valence-electron chi connectivity index (χ1n) is 6.58. The monoisotopic (exact) mass is 254 g/mol. The van der Waals surface area contributed by atoms with Crippen molar-refractivity contribution in [1.29, 1.82) is 0 Å². The Labute approximate surface area is 113 Å².